The van der Waals surface area contributed by atoms with Crippen molar-refractivity contribution in [2.24, 2.45) is 0 Å². The summed E-state index contributed by atoms with van der Waals surface area (Å²) < 4.78 is 74.5. The Balaban J connectivity index is 2.12. The molecule has 0 saturated heterocycles. The molecule has 0 radical (unpaired) electrons. The summed E-state index contributed by atoms with van der Waals surface area (Å²) in [6.07, 6.45) is -0.195. The highest BCUT2D eigenvalue weighted by Gasteiger charge is 2.32. The first-order chi connectivity index (χ1) is 15.4. The van der Waals surface area contributed by atoms with Gasteiger partial charge in [-0.2, -0.15) is 13.2 Å². The second kappa shape index (κ2) is 11.4. The molecule has 0 bridgehead atoms. The Morgan fingerprint density at radius 2 is 2.00 bits per heavy atom. The first kappa shape index (κ1) is 26.5. The quantitative estimate of drug-likeness (QED) is 0.303. The minimum atomic E-state index is -4.55. The van der Waals surface area contributed by atoms with E-state index in [2.05, 4.69) is 10.3 Å². The highest BCUT2D eigenvalue weighted by Crippen LogP contribution is 2.29. The van der Waals surface area contributed by atoms with E-state index in [0.29, 0.717) is 29.5 Å². The second-order valence-corrected chi connectivity index (χ2v) is 8.37. The van der Waals surface area contributed by atoms with Crippen molar-refractivity contribution < 1.29 is 31.1 Å². The topological polar surface area (TPSA) is 82.5 Å². The van der Waals surface area contributed by atoms with Crippen LogP contribution in [0.2, 0.25) is 0 Å². The van der Waals surface area contributed by atoms with Crippen molar-refractivity contribution in [1.82, 2.24) is 10.3 Å². The number of carbonyl (C=O) groups excluding carboxylic acids is 1. The highest BCUT2D eigenvalue weighted by molar-refractivity contribution is 7.80. The van der Waals surface area contributed by atoms with Crippen LogP contribution in [0, 0.1) is 12.7 Å². The number of alkyl halides is 3. The fourth-order valence-corrected chi connectivity index (χ4v) is 3.55. The monoisotopic (exact) mass is 487 g/mol. The molecule has 11 heteroatoms. The van der Waals surface area contributed by atoms with Crippen LogP contribution in [0.4, 0.5) is 23.2 Å². The van der Waals surface area contributed by atoms with E-state index in [0.717, 1.165) is 22.9 Å². The lowest BCUT2D eigenvalue weighted by molar-refractivity contribution is -0.141. The number of carbonyl (C=O) groups is 1. The summed E-state index contributed by atoms with van der Waals surface area (Å²) in [5, 5.41) is 2.58. The molecular weight excluding hydrogens is 462 g/mol. The SMILES string of the molecule is CCCCc1nc(C(F)(F)F)ccc1C=CC(=O)NCc1cc(C)c(N(C)S(=O)O)c(F)c1. The van der Waals surface area contributed by atoms with Crippen LogP contribution in [0.25, 0.3) is 6.08 Å². The average Bonchev–Trinajstić information content (AvgIpc) is 2.73. The summed E-state index contributed by atoms with van der Waals surface area (Å²) in [7, 11) is 1.28. The van der Waals surface area contributed by atoms with Crippen molar-refractivity contribution in [3.8, 4) is 0 Å². The minimum absolute atomic E-state index is 0.0128. The molecule has 0 saturated carbocycles. The van der Waals surface area contributed by atoms with E-state index in [-0.39, 0.29) is 17.9 Å². The second-order valence-electron chi connectivity index (χ2n) is 7.36. The molecule has 2 N–H and O–H groups in total. The summed E-state index contributed by atoms with van der Waals surface area (Å²) in [5.41, 5.74) is 0.516. The van der Waals surface area contributed by atoms with Crippen molar-refractivity contribution >= 4 is 28.9 Å². The van der Waals surface area contributed by atoms with Gasteiger partial charge < -0.3 is 5.32 Å². The molecule has 0 aliphatic rings. The lowest BCUT2D eigenvalue weighted by Crippen LogP contribution is -2.23. The van der Waals surface area contributed by atoms with Gasteiger partial charge in [-0.15, -0.1) is 0 Å². The third kappa shape index (κ3) is 7.36. The number of nitrogens with one attached hydrogen (secondary N) is 1. The van der Waals surface area contributed by atoms with Crippen LogP contribution in [-0.4, -0.2) is 26.7 Å². The Morgan fingerprint density at radius 3 is 2.58 bits per heavy atom. The van der Waals surface area contributed by atoms with Gasteiger partial charge in [0, 0.05) is 25.4 Å². The van der Waals surface area contributed by atoms with Gasteiger partial charge in [-0.05, 0) is 54.7 Å². The summed E-state index contributed by atoms with van der Waals surface area (Å²) in [6.45, 7) is 3.47. The number of aryl methyl sites for hydroxylation is 2. The predicted octanol–water partition coefficient (Wildman–Crippen LogP) is 4.79. The van der Waals surface area contributed by atoms with Gasteiger partial charge in [0.2, 0.25) is 5.91 Å². The zero-order valence-corrected chi connectivity index (χ0v) is 19.2. The third-order valence-electron chi connectivity index (χ3n) is 4.81. The molecule has 0 fully saturated rings. The normalized spacial score (nSPS) is 12.7. The molecule has 0 spiro atoms. The molecule has 0 aliphatic carbocycles. The van der Waals surface area contributed by atoms with Crippen LogP contribution in [0.1, 0.15) is 47.8 Å². The van der Waals surface area contributed by atoms with Crippen molar-refractivity contribution in [3.63, 3.8) is 0 Å². The maximum atomic E-state index is 14.4. The Bertz CT molecular complexity index is 1030. The minimum Gasteiger partial charge on any atom is -0.348 e. The summed E-state index contributed by atoms with van der Waals surface area (Å²) >= 11 is -2.38. The first-order valence-corrected chi connectivity index (χ1v) is 11.2. The Hall–Kier alpha value is -2.79. The number of anilines is 1. The van der Waals surface area contributed by atoms with E-state index >= 15 is 0 Å². The summed E-state index contributed by atoms with van der Waals surface area (Å²) in [6, 6.07) is 4.88. The van der Waals surface area contributed by atoms with Crippen LogP contribution in [0.3, 0.4) is 0 Å². The number of nitrogens with zero attached hydrogens (tertiary/aromatic N) is 2. The number of aromatic nitrogens is 1. The maximum Gasteiger partial charge on any atom is 0.433 e. The molecule has 1 atom stereocenters. The summed E-state index contributed by atoms with van der Waals surface area (Å²) in [5.74, 6) is -1.23. The zero-order chi connectivity index (χ0) is 24.8. The number of hydrogen-bond acceptors (Lipinski definition) is 3. The molecule has 1 aromatic carbocycles. The van der Waals surface area contributed by atoms with E-state index in [1.165, 1.54) is 25.3 Å². The lowest BCUT2D eigenvalue weighted by Gasteiger charge is -2.18. The van der Waals surface area contributed by atoms with Gasteiger partial charge in [0.15, 0.2) is 0 Å². The van der Waals surface area contributed by atoms with Gasteiger partial charge in [0.25, 0.3) is 11.3 Å². The Kier molecular flexibility index (Phi) is 9.12. The highest BCUT2D eigenvalue weighted by atomic mass is 32.2. The molecule has 2 rings (SSSR count). The first-order valence-electron chi connectivity index (χ1n) is 10.1. The van der Waals surface area contributed by atoms with Crippen molar-refractivity contribution in [2.75, 3.05) is 11.4 Å². The van der Waals surface area contributed by atoms with Gasteiger partial charge in [-0.25, -0.2) is 13.6 Å². The van der Waals surface area contributed by atoms with Gasteiger partial charge in [0.05, 0.1) is 5.69 Å². The number of amides is 1. The fraction of sp³-hybridized carbons (Fsp3) is 0.364. The zero-order valence-electron chi connectivity index (χ0n) is 18.4. The average molecular weight is 488 g/mol. The van der Waals surface area contributed by atoms with Gasteiger partial charge >= 0.3 is 6.18 Å². The number of halogens is 4. The molecule has 1 amide bonds. The van der Waals surface area contributed by atoms with E-state index in [1.54, 1.807) is 13.0 Å². The molecule has 33 heavy (non-hydrogen) atoms. The van der Waals surface area contributed by atoms with Crippen LogP contribution in [0.15, 0.2) is 30.3 Å². The summed E-state index contributed by atoms with van der Waals surface area (Å²) in [4.78, 5) is 15.9. The molecule has 1 unspecified atom stereocenters. The van der Waals surface area contributed by atoms with Crippen molar-refractivity contribution in [2.45, 2.75) is 45.8 Å². The van der Waals surface area contributed by atoms with E-state index in [9.17, 15) is 26.6 Å². The molecular formula is C22H25F4N3O3S. The van der Waals surface area contributed by atoms with Crippen LogP contribution in [0.5, 0.6) is 0 Å². The number of benzene rings is 1. The number of unbranched alkanes of at least 4 members (excludes halogenated alkanes) is 1. The Morgan fingerprint density at radius 1 is 1.30 bits per heavy atom. The van der Waals surface area contributed by atoms with Gasteiger partial charge in [0.1, 0.15) is 11.5 Å². The van der Waals surface area contributed by atoms with Gasteiger partial charge in [-0.3, -0.25) is 13.7 Å². The molecule has 6 nitrogen and oxygen atoms in total. The smallest absolute Gasteiger partial charge is 0.348 e. The molecule has 2 aromatic rings. The largest absolute Gasteiger partial charge is 0.433 e. The van der Waals surface area contributed by atoms with E-state index < -0.39 is 34.9 Å². The number of rotatable bonds is 9. The molecule has 1 heterocycles. The maximum absolute atomic E-state index is 14.4. The third-order valence-corrected chi connectivity index (χ3v) is 5.46. The van der Waals surface area contributed by atoms with E-state index in [4.69, 9.17) is 4.55 Å². The number of hydrogen-bond donors (Lipinski definition) is 2. The lowest BCUT2D eigenvalue weighted by atomic mass is 10.1. The predicted molar refractivity (Wildman–Crippen MR) is 119 cm³/mol. The van der Waals surface area contributed by atoms with Crippen molar-refractivity contribution in [3.05, 3.63) is 64.2 Å². The Labute approximate surface area is 192 Å². The standard InChI is InChI=1S/C22H25F4N3O3S/c1-4-5-6-18-16(7-9-19(28-18)22(24,25)26)8-10-20(30)27-13-15-11-14(2)21(17(23)12-15)29(3)33(31)32/h7-12H,4-6,13H2,1-3H3,(H,27,30)(H,31,32). The van der Waals surface area contributed by atoms with Gasteiger partial charge in [-0.1, -0.05) is 25.5 Å². The van der Waals surface area contributed by atoms with Crippen LogP contribution >= 0.6 is 0 Å². The van der Waals surface area contributed by atoms with Crippen LogP contribution in [-0.2, 0) is 35.2 Å². The molecule has 0 aliphatic heterocycles. The van der Waals surface area contributed by atoms with E-state index in [1.807, 2.05) is 6.92 Å². The van der Waals surface area contributed by atoms with Crippen molar-refractivity contribution in [1.29, 1.82) is 0 Å². The van der Waals surface area contributed by atoms with Crippen LogP contribution < -0.4 is 9.62 Å². The molecule has 180 valence electrons. The number of pyridine rings is 1. The fourth-order valence-electron chi connectivity index (χ4n) is 3.17. The molecule has 1 aromatic heterocycles.